The van der Waals surface area contributed by atoms with Crippen molar-refractivity contribution in [2.75, 3.05) is 36.6 Å². The van der Waals surface area contributed by atoms with E-state index in [1.807, 2.05) is 32.0 Å². The monoisotopic (exact) mass is 352 g/mol. The van der Waals surface area contributed by atoms with E-state index >= 15 is 0 Å². The Bertz CT molecular complexity index is 661. The summed E-state index contributed by atoms with van der Waals surface area (Å²) in [6, 6.07) is 5.88. The van der Waals surface area contributed by atoms with E-state index in [4.69, 9.17) is 4.74 Å². The molecule has 0 atom stereocenters. The molecule has 0 fully saturated rings. The van der Waals surface area contributed by atoms with E-state index < -0.39 is 0 Å². The van der Waals surface area contributed by atoms with Gasteiger partial charge in [-0.15, -0.1) is 10.2 Å². The number of amides is 1. The summed E-state index contributed by atoms with van der Waals surface area (Å²) in [5, 5.41) is 14.8. The lowest BCUT2D eigenvalue weighted by Gasteiger charge is -2.06. The van der Waals surface area contributed by atoms with Crippen LogP contribution in [0.1, 0.15) is 11.1 Å². The maximum absolute atomic E-state index is 12.0. The predicted octanol–water partition coefficient (Wildman–Crippen LogP) is 2.94. The summed E-state index contributed by atoms with van der Waals surface area (Å²) >= 11 is 2.81. The van der Waals surface area contributed by atoms with Crippen molar-refractivity contribution in [1.29, 1.82) is 0 Å². The zero-order valence-corrected chi connectivity index (χ0v) is 15.0. The zero-order valence-electron chi connectivity index (χ0n) is 13.4. The van der Waals surface area contributed by atoms with Crippen molar-refractivity contribution in [3.05, 3.63) is 29.3 Å². The summed E-state index contributed by atoms with van der Waals surface area (Å²) in [5.41, 5.74) is 3.18. The van der Waals surface area contributed by atoms with Gasteiger partial charge < -0.3 is 15.4 Å². The molecule has 0 spiro atoms. The second-order valence-electron chi connectivity index (χ2n) is 4.93. The molecule has 1 aromatic heterocycles. The Morgan fingerprint density at radius 2 is 2.13 bits per heavy atom. The lowest BCUT2D eigenvalue weighted by atomic mass is 10.1. The first-order chi connectivity index (χ1) is 11.1. The van der Waals surface area contributed by atoms with Crippen molar-refractivity contribution < 1.29 is 9.53 Å². The maximum atomic E-state index is 12.0. The summed E-state index contributed by atoms with van der Waals surface area (Å²) in [5.74, 6) is 0.252. The van der Waals surface area contributed by atoms with Crippen LogP contribution in [0, 0.1) is 13.8 Å². The van der Waals surface area contributed by atoms with Gasteiger partial charge in [0.1, 0.15) is 0 Å². The van der Waals surface area contributed by atoms with Gasteiger partial charge in [0, 0.05) is 19.3 Å². The zero-order chi connectivity index (χ0) is 16.7. The van der Waals surface area contributed by atoms with Crippen LogP contribution in [0.25, 0.3) is 0 Å². The van der Waals surface area contributed by atoms with Crippen LogP contribution in [0.4, 0.5) is 10.8 Å². The van der Waals surface area contributed by atoms with Gasteiger partial charge in [-0.2, -0.15) is 0 Å². The number of methoxy groups -OCH3 is 1. The molecule has 124 valence electrons. The third kappa shape index (κ3) is 5.81. The van der Waals surface area contributed by atoms with Crippen LogP contribution in [-0.4, -0.2) is 42.1 Å². The highest BCUT2D eigenvalue weighted by Gasteiger charge is 2.08. The van der Waals surface area contributed by atoms with Crippen molar-refractivity contribution in [3.8, 4) is 0 Å². The molecule has 2 N–H and O–H groups in total. The summed E-state index contributed by atoms with van der Waals surface area (Å²) in [4.78, 5) is 12.0. The van der Waals surface area contributed by atoms with Crippen LogP contribution < -0.4 is 10.6 Å². The Hall–Kier alpha value is -1.64. The molecule has 1 amide bonds. The molecule has 0 bridgehead atoms. The molecule has 1 heterocycles. The maximum Gasteiger partial charge on any atom is 0.234 e. The molecular weight excluding hydrogens is 332 g/mol. The van der Waals surface area contributed by atoms with Gasteiger partial charge in [0.05, 0.1) is 12.4 Å². The third-order valence-corrected chi connectivity index (χ3v) is 5.12. The molecule has 2 rings (SSSR count). The molecule has 0 aliphatic rings. The van der Waals surface area contributed by atoms with Crippen LogP contribution >= 0.6 is 23.1 Å². The van der Waals surface area contributed by atoms with Crippen molar-refractivity contribution in [1.82, 2.24) is 10.2 Å². The van der Waals surface area contributed by atoms with Gasteiger partial charge in [-0.3, -0.25) is 4.79 Å². The van der Waals surface area contributed by atoms with Gasteiger partial charge in [0.15, 0.2) is 4.34 Å². The summed E-state index contributed by atoms with van der Waals surface area (Å²) in [6.07, 6.45) is 0. The highest BCUT2D eigenvalue weighted by molar-refractivity contribution is 8.01. The van der Waals surface area contributed by atoms with Crippen LogP contribution in [0.5, 0.6) is 0 Å². The number of hydrogen-bond acceptors (Lipinski definition) is 7. The quantitative estimate of drug-likeness (QED) is 0.562. The SMILES string of the molecule is COCCNc1nnc(SCC(=O)Nc2ccc(C)c(C)c2)s1. The van der Waals surface area contributed by atoms with E-state index in [1.165, 1.54) is 28.7 Å². The van der Waals surface area contributed by atoms with Crippen LogP contribution in [0.3, 0.4) is 0 Å². The van der Waals surface area contributed by atoms with E-state index in [2.05, 4.69) is 20.8 Å². The van der Waals surface area contributed by atoms with Gasteiger partial charge in [-0.05, 0) is 37.1 Å². The van der Waals surface area contributed by atoms with Crippen molar-refractivity contribution in [2.45, 2.75) is 18.2 Å². The van der Waals surface area contributed by atoms with E-state index in [1.54, 1.807) is 7.11 Å². The number of aryl methyl sites for hydroxylation is 2. The van der Waals surface area contributed by atoms with Gasteiger partial charge >= 0.3 is 0 Å². The smallest absolute Gasteiger partial charge is 0.234 e. The van der Waals surface area contributed by atoms with E-state index in [0.717, 1.165) is 20.7 Å². The number of anilines is 2. The molecule has 1 aromatic carbocycles. The molecule has 0 radical (unpaired) electrons. The van der Waals surface area contributed by atoms with Gasteiger partial charge in [0.25, 0.3) is 0 Å². The second kappa shape index (κ2) is 8.85. The number of aromatic nitrogens is 2. The Morgan fingerprint density at radius 1 is 1.30 bits per heavy atom. The lowest BCUT2D eigenvalue weighted by molar-refractivity contribution is -0.113. The topological polar surface area (TPSA) is 76.1 Å². The fourth-order valence-electron chi connectivity index (χ4n) is 1.74. The molecule has 0 saturated carbocycles. The second-order valence-corrected chi connectivity index (χ2v) is 7.13. The number of thioether (sulfide) groups is 1. The third-order valence-electron chi connectivity index (χ3n) is 3.11. The molecule has 8 heteroatoms. The largest absolute Gasteiger partial charge is 0.383 e. The summed E-state index contributed by atoms with van der Waals surface area (Å²) in [7, 11) is 1.65. The molecule has 0 aliphatic heterocycles. The molecule has 2 aromatic rings. The van der Waals surface area contributed by atoms with Gasteiger partial charge in [-0.1, -0.05) is 29.2 Å². The number of nitrogens with one attached hydrogen (secondary N) is 2. The molecule has 6 nitrogen and oxygen atoms in total. The number of rotatable bonds is 8. The predicted molar refractivity (Wildman–Crippen MR) is 95.5 cm³/mol. The molecule has 0 aliphatic carbocycles. The number of hydrogen-bond donors (Lipinski definition) is 2. The number of benzene rings is 1. The Morgan fingerprint density at radius 3 is 2.87 bits per heavy atom. The van der Waals surface area contributed by atoms with Crippen LogP contribution in [-0.2, 0) is 9.53 Å². The van der Waals surface area contributed by atoms with Gasteiger partial charge in [-0.25, -0.2) is 0 Å². The summed E-state index contributed by atoms with van der Waals surface area (Å²) in [6.45, 7) is 5.37. The Labute approximate surface area is 144 Å². The minimum absolute atomic E-state index is 0.0534. The minimum Gasteiger partial charge on any atom is -0.383 e. The lowest BCUT2D eigenvalue weighted by Crippen LogP contribution is -2.14. The molecule has 0 saturated heterocycles. The highest BCUT2D eigenvalue weighted by Crippen LogP contribution is 2.25. The fraction of sp³-hybridized carbons (Fsp3) is 0.400. The normalized spacial score (nSPS) is 10.6. The van der Waals surface area contributed by atoms with Crippen molar-refractivity contribution in [3.63, 3.8) is 0 Å². The molecule has 0 unspecified atom stereocenters. The fourth-order valence-corrected chi connectivity index (χ4v) is 3.32. The van der Waals surface area contributed by atoms with E-state index in [0.29, 0.717) is 18.9 Å². The Kier molecular flexibility index (Phi) is 6.82. The number of carbonyl (C=O) groups is 1. The average molecular weight is 352 g/mol. The number of nitrogens with zero attached hydrogens (tertiary/aromatic N) is 2. The van der Waals surface area contributed by atoms with E-state index in [-0.39, 0.29) is 5.91 Å². The summed E-state index contributed by atoms with van der Waals surface area (Å²) < 4.78 is 5.72. The van der Waals surface area contributed by atoms with Crippen LogP contribution in [0.2, 0.25) is 0 Å². The Balaban J connectivity index is 1.78. The van der Waals surface area contributed by atoms with Crippen LogP contribution in [0.15, 0.2) is 22.5 Å². The van der Waals surface area contributed by atoms with E-state index in [9.17, 15) is 4.79 Å². The minimum atomic E-state index is -0.0534. The van der Waals surface area contributed by atoms with Gasteiger partial charge in [0.2, 0.25) is 11.0 Å². The highest BCUT2D eigenvalue weighted by atomic mass is 32.2. The number of ether oxygens (including phenoxy) is 1. The standard InChI is InChI=1S/C15H20N4O2S2/c1-10-4-5-12(8-11(10)2)17-13(20)9-22-15-19-18-14(23-15)16-6-7-21-3/h4-5,8H,6-7,9H2,1-3H3,(H,16,18)(H,17,20). The first-order valence-electron chi connectivity index (χ1n) is 7.14. The molecular formula is C15H20N4O2S2. The number of carbonyl (C=O) groups excluding carboxylic acids is 1. The van der Waals surface area contributed by atoms with Crippen molar-refractivity contribution >= 4 is 39.8 Å². The average Bonchev–Trinajstić information content (AvgIpc) is 2.97. The van der Waals surface area contributed by atoms with Crippen molar-refractivity contribution in [2.24, 2.45) is 0 Å². The first-order valence-corrected chi connectivity index (χ1v) is 8.95. The first kappa shape index (κ1) is 17.7. The molecule has 23 heavy (non-hydrogen) atoms.